The van der Waals surface area contributed by atoms with Gasteiger partial charge in [0.1, 0.15) is 10.3 Å². The van der Waals surface area contributed by atoms with Crippen LogP contribution < -0.4 is 15.4 Å². The van der Waals surface area contributed by atoms with Crippen molar-refractivity contribution in [2.24, 2.45) is 0 Å². The quantitative estimate of drug-likeness (QED) is 0.616. The molecule has 2 bridgehead atoms. The normalized spacial score (nSPS) is 23.6. The summed E-state index contributed by atoms with van der Waals surface area (Å²) in [6.07, 6.45) is 3.63. The molecule has 10 heteroatoms. The molecule has 0 saturated carbocycles. The SMILES string of the molecule is CN1C2CCC1CC(NC(=O)Oc1n[nH]c(NC(=O)c3ccccc3Cl)c1Br)C2. The first-order chi connectivity index (χ1) is 13.9. The van der Waals surface area contributed by atoms with Gasteiger partial charge in [0.15, 0.2) is 0 Å². The van der Waals surface area contributed by atoms with Gasteiger partial charge in [0, 0.05) is 18.1 Å². The van der Waals surface area contributed by atoms with Crippen molar-refractivity contribution < 1.29 is 14.3 Å². The topological polar surface area (TPSA) is 99.3 Å². The molecule has 2 aliphatic heterocycles. The van der Waals surface area contributed by atoms with E-state index in [1.54, 1.807) is 24.3 Å². The molecular formula is C19H21BrClN5O3. The number of carbonyl (C=O) groups is 2. The fraction of sp³-hybridized carbons (Fsp3) is 0.421. The lowest BCUT2D eigenvalue weighted by molar-refractivity contribution is 0.102. The predicted molar refractivity (Wildman–Crippen MR) is 112 cm³/mol. The number of aromatic amines is 1. The highest BCUT2D eigenvalue weighted by molar-refractivity contribution is 9.10. The van der Waals surface area contributed by atoms with Crippen molar-refractivity contribution in [3.8, 4) is 5.88 Å². The molecule has 2 atom stereocenters. The van der Waals surface area contributed by atoms with Crippen LogP contribution in [0.2, 0.25) is 5.02 Å². The molecule has 2 aliphatic rings. The lowest BCUT2D eigenvalue weighted by Crippen LogP contribution is -2.49. The van der Waals surface area contributed by atoms with Gasteiger partial charge < -0.3 is 20.3 Å². The summed E-state index contributed by atoms with van der Waals surface area (Å²) in [4.78, 5) is 27.1. The number of nitrogens with one attached hydrogen (secondary N) is 3. The average Bonchev–Trinajstić information content (AvgIpc) is 3.10. The van der Waals surface area contributed by atoms with Gasteiger partial charge in [-0.25, -0.2) is 4.79 Å². The van der Waals surface area contributed by atoms with Crippen LogP contribution in [-0.2, 0) is 0 Å². The predicted octanol–water partition coefficient (Wildman–Crippen LogP) is 3.79. The van der Waals surface area contributed by atoms with E-state index in [0.29, 0.717) is 27.1 Å². The Morgan fingerprint density at radius 1 is 1.28 bits per heavy atom. The van der Waals surface area contributed by atoms with Gasteiger partial charge in [0.2, 0.25) is 0 Å². The summed E-state index contributed by atoms with van der Waals surface area (Å²) in [6, 6.07) is 7.83. The van der Waals surface area contributed by atoms with Crippen molar-refractivity contribution in [2.75, 3.05) is 12.4 Å². The number of H-pyrrole nitrogens is 1. The first-order valence-corrected chi connectivity index (χ1v) is 10.6. The highest BCUT2D eigenvalue weighted by Gasteiger charge is 2.39. The lowest BCUT2D eigenvalue weighted by Gasteiger charge is -2.36. The van der Waals surface area contributed by atoms with Crippen LogP contribution in [0.4, 0.5) is 10.6 Å². The number of aromatic nitrogens is 2. The third-order valence-corrected chi connectivity index (χ3v) is 6.71. The van der Waals surface area contributed by atoms with Gasteiger partial charge in [-0.2, -0.15) is 0 Å². The molecule has 154 valence electrons. The maximum absolute atomic E-state index is 12.4. The third kappa shape index (κ3) is 4.26. The zero-order valence-electron chi connectivity index (χ0n) is 15.7. The summed E-state index contributed by atoms with van der Waals surface area (Å²) in [7, 11) is 2.15. The van der Waals surface area contributed by atoms with Crippen molar-refractivity contribution in [1.82, 2.24) is 20.4 Å². The second-order valence-electron chi connectivity index (χ2n) is 7.40. The van der Waals surface area contributed by atoms with E-state index < -0.39 is 12.0 Å². The van der Waals surface area contributed by atoms with Crippen molar-refractivity contribution in [1.29, 1.82) is 0 Å². The number of amides is 2. The number of hydrogen-bond acceptors (Lipinski definition) is 5. The Morgan fingerprint density at radius 3 is 2.66 bits per heavy atom. The Kier molecular flexibility index (Phi) is 5.80. The van der Waals surface area contributed by atoms with E-state index in [1.165, 1.54) is 12.8 Å². The third-order valence-electron chi connectivity index (χ3n) is 5.64. The number of anilines is 1. The Labute approximate surface area is 181 Å². The molecule has 3 N–H and O–H groups in total. The van der Waals surface area contributed by atoms with E-state index in [1.807, 2.05) is 0 Å². The van der Waals surface area contributed by atoms with Gasteiger partial charge in [-0.05, 0) is 60.8 Å². The van der Waals surface area contributed by atoms with E-state index in [-0.39, 0.29) is 17.7 Å². The Morgan fingerprint density at radius 2 is 1.97 bits per heavy atom. The highest BCUT2D eigenvalue weighted by atomic mass is 79.9. The molecule has 2 amide bonds. The molecule has 29 heavy (non-hydrogen) atoms. The number of fused-ring (bicyclic) bond motifs is 2. The summed E-state index contributed by atoms with van der Waals surface area (Å²) in [5.74, 6) is -0.0827. The Balaban J connectivity index is 1.35. The zero-order valence-corrected chi connectivity index (χ0v) is 18.1. The molecule has 2 aromatic rings. The number of carbonyl (C=O) groups excluding carboxylic acids is 2. The summed E-state index contributed by atoms with van der Waals surface area (Å²) in [5, 5.41) is 12.5. The molecule has 2 fully saturated rings. The summed E-state index contributed by atoms with van der Waals surface area (Å²) < 4.78 is 5.67. The summed E-state index contributed by atoms with van der Waals surface area (Å²) in [5.41, 5.74) is 0.327. The number of hydrogen-bond donors (Lipinski definition) is 3. The minimum atomic E-state index is -0.560. The van der Waals surface area contributed by atoms with Gasteiger partial charge in [0.25, 0.3) is 11.8 Å². The van der Waals surface area contributed by atoms with Crippen LogP contribution >= 0.6 is 27.5 Å². The first-order valence-electron chi connectivity index (χ1n) is 9.42. The van der Waals surface area contributed by atoms with Gasteiger partial charge in [-0.15, -0.1) is 5.10 Å². The van der Waals surface area contributed by atoms with Crippen molar-refractivity contribution in [2.45, 2.75) is 43.8 Å². The number of nitrogens with zero attached hydrogens (tertiary/aromatic N) is 2. The van der Waals surface area contributed by atoms with E-state index in [0.717, 1.165) is 12.8 Å². The van der Waals surface area contributed by atoms with Crippen LogP contribution in [0.1, 0.15) is 36.0 Å². The number of ether oxygens (including phenoxy) is 1. The molecule has 4 rings (SSSR count). The van der Waals surface area contributed by atoms with E-state index in [4.69, 9.17) is 16.3 Å². The molecule has 1 aromatic carbocycles. The molecule has 2 saturated heterocycles. The van der Waals surface area contributed by atoms with Crippen LogP contribution in [0.15, 0.2) is 28.7 Å². The Bertz CT molecular complexity index is 922. The number of piperidine rings is 1. The molecular weight excluding hydrogens is 462 g/mol. The van der Waals surface area contributed by atoms with Gasteiger partial charge in [0.05, 0.1) is 10.6 Å². The fourth-order valence-electron chi connectivity index (χ4n) is 4.10. The smallest absolute Gasteiger partial charge is 0.388 e. The van der Waals surface area contributed by atoms with Crippen molar-refractivity contribution in [3.63, 3.8) is 0 Å². The number of halogens is 2. The minimum absolute atomic E-state index is 0.0489. The second kappa shape index (κ2) is 8.33. The molecule has 8 nitrogen and oxygen atoms in total. The van der Waals surface area contributed by atoms with Gasteiger partial charge in [-0.1, -0.05) is 23.7 Å². The highest BCUT2D eigenvalue weighted by Crippen LogP contribution is 2.34. The van der Waals surface area contributed by atoms with E-state index >= 15 is 0 Å². The molecule has 0 aliphatic carbocycles. The maximum Gasteiger partial charge on any atom is 0.414 e. The average molecular weight is 483 g/mol. The van der Waals surface area contributed by atoms with E-state index in [2.05, 4.69) is 48.7 Å². The summed E-state index contributed by atoms with van der Waals surface area (Å²) >= 11 is 9.36. The van der Waals surface area contributed by atoms with Crippen LogP contribution in [0.3, 0.4) is 0 Å². The summed E-state index contributed by atoms with van der Waals surface area (Å²) in [6.45, 7) is 0. The first kappa shape index (κ1) is 20.2. The maximum atomic E-state index is 12.4. The number of benzene rings is 1. The molecule has 3 heterocycles. The van der Waals surface area contributed by atoms with Crippen molar-refractivity contribution >= 4 is 45.3 Å². The van der Waals surface area contributed by atoms with Crippen LogP contribution in [0.25, 0.3) is 0 Å². The van der Waals surface area contributed by atoms with Crippen LogP contribution in [-0.4, -0.2) is 52.3 Å². The van der Waals surface area contributed by atoms with E-state index in [9.17, 15) is 9.59 Å². The number of rotatable bonds is 4. The van der Waals surface area contributed by atoms with Crippen LogP contribution in [0.5, 0.6) is 5.88 Å². The monoisotopic (exact) mass is 481 g/mol. The van der Waals surface area contributed by atoms with Crippen LogP contribution in [0, 0.1) is 0 Å². The van der Waals surface area contributed by atoms with Crippen molar-refractivity contribution in [3.05, 3.63) is 39.3 Å². The molecule has 2 unspecified atom stereocenters. The Hall–Kier alpha value is -2.10. The largest absolute Gasteiger partial charge is 0.414 e. The standard InChI is InChI=1S/C19H21BrClN5O3/c1-26-11-6-7-12(26)9-10(8-11)22-19(28)29-18-15(20)16(24-25-18)23-17(27)13-4-2-3-5-14(13)21/h2-5,10-12H,6-9H2,1H3,(H,22,28)(H2,23,24,25,27). The zero-order chi connectivity index (χ0) is 20.5. The fourth-order valence-corrected chi connectivity index (χ4v) is 4.68. The van der Waals surface area contributed by atoms with Gasteiger partial charge in [-0.3, -0.25) is 9.89 Å². The lowest BCUT2D eigenvalue weighted by atomic mass is 9.98. The molecule has 0 radical (unpaired) electrons. The molecule has 1 aromatic heterocycles. The molecule has 0 spiro atoms. The second-order valence-corrected chi connectivity index (χ2v) is 8.60. The van der Waals surface area contributed by atoms with Gasteiger partial charge >= 0.3 is 6.09 Å². The minimum Gasteiger partial charge on any atom is -0.388 e.